The average Bonchev–Trinajstić information content (AvgIpc) is 2.28. The van der Waals surface area contributed by atoms with Crippen molar-refractivity contribution in [3.8, 4) is 6.07 Å². The topological polar surface area (TPSA) is 93.2 Å². The molecule has 1 rings (SSSR count). The van der Waals surface area contributed by atoms with Crippen LogP contribution >= 0.6 is 0 Å². The van der Waals surface area contributed by atoms with Gasteiger partial charge in [0.15, 0.2) is 5.56 Å². The highest BCUT2D eigenvalue weighted by Crippen LogP contribution is 2.25. The summed E-state index contributed by atoms with van der Waals surface area (Å²) in [6, 6.07) is 3.00. The lowest BCUT2D eigenvalue weighted by Crippen LogP contribution is -2.11. The molecule has 0 aromatic heterocycles. The summed E-state index contributed by atoms with van der Waals surface area (Å²) in [5.74, 6) is -2.09. The van der Waals surface area contributed by atoms with Gasteiger partial charge in [-0.05, 0) is 13.0 Å². The molecule has 88 valence electrons. The van der Waals surface area contributed by atoms with Crippen molar-refractivity contribution in [2.45, 2.75) is 6.92 Å². The van der Waals surface area contributed by atoms with Crippen LogP contribution in [0.5, 0.6) is 0 Å². The van der Waals surface area contributed by atoms with Crippen molar-refractivity contribution >= 4 is 11.7 Å². The summed E-state index contributed by atoms with van der Waals surface area (Å²) in [4.78, 5) is 21.3. The van der Waals surface area contributed by atoms with Crippen molar-refractivity contribution in [3.63, 3.8) is 0 Å². The third kappa shape index (κ3) is 2.36. The molecule has 0 N–H and O–H groups in total. The van der Waals surface area contributed by atoms with Gasteiger partial charge in [-0.2, -0.15) is 5.26 Å². The number of esters is 1. The molecule has 7 heteroatoms. The lowest BCUT2D eigenvalue weighted by Gasteiger charge is -2.05. The van der Waals surface area contributed by atoms with E-state index < -0.39 is 33.5 Å². The van der Waals surface area contributed by atoms with Crippen molar-refractivity contribution in [2.75, 3.05) is 6.61 Å². The normalized spacial score (nSPS) is 9.47. The second-order valence-electron chi connectivity index (χ2n) is 2.91. The number of rotatable bonds is 3. The Bertz CT molecular complexity index is 522. The fraction of sp³-hybridized carbons (Fsp3) is 0.200. The lowest BCUT2D eigenvalue weighted by molar-refractivity contribution is -0.385. The van der Waals surface area contributed by atoms with Gasteiger partial charge in [-0.25, -0.2) is 9.18 Å². The fourth-order valence-electron chi connectivity index (χ4n) is 1.24. The predicted molar refractivity (Wildman–Crippen MR) is 53.7 cm³/mol. The van der Waals surface area contributed by atoms with E-state index in [-0.39, 0.29) is 6.61 Å². The molecule has 0 bridgehead atoms. The first-order chi connectivity index (χ1) is 8.02. The molecule has 0 aliphatic carbocycles. The number of benzene rings is 1. The van der Waals surface area contributed by atoms with Crippen molar-refractivity contribution in [1.82, 2.24) is 0 Å². The van der Waals surface area contributed by atoms with Crippen LogP contribution < -0.4 is 0 Å². The molecule has 17 heavy (non-hydrogen) atoms. The highest BCUT2D eigenvalue weighted by atomic mass is 19.1. The third-order valence-corrected chi connectivity index (χ3v) is 1.92. The number of nitriles is 1. The summed E-state index contributed by atoms with van der Waals surface area (Å²) in [6.07, 6.45) is 0. The second-order valence-corrected chi connectivity index (χ2v) is 2.91. The molecule has 0 atom stereocenters. The van der Waals surface area contributed by atoms with Gasteiger partial charge < -0.3 is 4.74 Å². The van der Waals surface area contributed by atoms with Gasteiger partial charge in [0, 0.05) is 6.07 Å². The molecule has 0 unspecified atom stereocenters. The maximum absolute atomic E-state index is 13.2. The van der Waals surface area contributed by atoms with Crippen LogP contribution in [0, 0.1) is 27.3 Å². The van der Waals surface area contributed by atoms with E-state index in [0.717, 1.165) is 12.1 Å². The Morgan fingerprint density at radius 3 is 2.76 bits per heavy atom. The van der Waals surface area contributed by atoms with Gasteiger partial charge in [-0.15, -0.1) is 0 Å². The highest BCUT2D eigenvalue weighted by Gasteiger charge is 2.27. The molecule has 0 aliphatic rings. The number of hydrogen-bond acceptors (Lipinski definition) is 5. The molecule has 0 spiro atoms. The zero-order valence-corrected chi connectivity index (χ0v) is 8.77. The van der Waals surface area contributed by atoms with E-state index in [1.165, 1.54) is 13.0 Å². The Morgan fingerprint density at radius 2 is 2.29 bits per heavy atom. The van der Waals surface area contributed by atoms with Crippen molar-refractivity contribution in [3.05, 3.63) is 39.2 Å². The van der Waals surface area contributed by atoms with Crippen LogP contribution in [0.3, 0.4) is 0 Å². The van der Waals surface area contributed by atoms with Crippen LogP contribution in [0.4, 0.5) is 10.1 Å². The standard InChI is InChI=1S/C10H7FN2O4/c1-2-17-10(14)9-6(5-12)7(11)3-4-8(9)13(15)16/h3-4H,2H2,1H3. The molecular weight excluding hydrogens is 231 g/mol. The SMILES string of the molecule is CCOC(=O)c1c([N+](=O)[O-])ccc(F)c1C#N. The zero-order chi connectivity index (χ0) is 13.0. The van der Waals surface area contributed by atoms with E-state index in [4.69, 9.17) is 5.26 Å². The quantitative estimate of drug-likeness (QED) is 0.454. The highest BCUT2D eigenvalue weighted by molar-refractivity contribution is 5.96. The van der Waals surface area contributed by atoms with E-state index in [2.05, 4.69) is 4.74 Å². The van der Waals surface area contributed by atoms with Crippen LogP contribution in [0.2, 0.25) is 0 Å². The Labute approximate surface area is 95.4 Å². The van der Waals surface area contributed by atoms with Gasteiger partial charge in [-0.1, -0.05) is 0 Å². The summed E-state index contributed by atoms with van der Waals surface area (Å²) in [6.45, 7) is 1.46. The minimum absolute atomic E-state index is 0.0304. The van der Waals surface area contributed by atoms with Crippen molar-refractivity contribution < 1.29 is 18.8 Å². The number of halogens is 1. The maximum Gasteiger partial charge on any atom is 0.346 e. The molecule has 0 fully saturated rings. The summed E-state index contributed by atoms with van der Waals surface area (Å²) in [5.41, 5.74) is -1.99. The Kier molecular flexibility index (Phi) is 3.72. The summed E-state index contributed by atoms with van der Waals surface area (Å²) in [7, 11) is 0. The first-order valence-electron chi connectivity index (χ1n) is 4.57. The van der Waals surface area contributed by atoms with E-state index in [1.54, 1.807) is 0 Å². The maximum atomic E-state index is 13.2. The van der Waals surface area contributed by atoms with Gasteiger partial charge in [0.05, 0.1) is 11.5 Å². The van der Waals surface area contributed by atoms with E-state index in [0.29, 0.717) is 0 Å². The van der Waals surface area contributed by atoms with Crippen LogP contribution in [-0.4, -0.2) is 17.5 Å². The predicted octanol–water partition coefficient (Wildman–Crippen LogP) is 1.78. The molecule has 0 saturated heterocycles. The number of carbonyl (C=O) groups excluding carboxylic acids is 1. The van der Waals surface area contributed by atoms with Crippen LogP contribution in [-0.2, 0) is 4.74 Å². The first kappa shape index (κ1) is 12.6. The molecule has 0 amide bonds. The molecule has 1 aromatic rings. The van der Waals surface area contributed by atoms with Crippen molar-refractivity contribution in [1.29, 1.82) is 5.26 Å². The number of nitro groups is 1. The Hall–Kier alpha value is -2.49. The van der Waals surface area contributed by atoms with E-state index in [9.17, 15) is 19.3 Å². The average molecular weight is 238 g/mol. The number of ether oxygens (including phenoxy) is 1. The Morgan fingerprint density at radius 1 is 1.65 bits per heavy atom. The zero-order valence-electron chi connectivity index (χ0n) is 8.77. The smallest absolute Gasteiger partial charge is 0.346 e. The number of hydrogen-bond donors (Lipinski definition) is 0. The lowest BCUT2D eigenvalue weighted by atomic mass is 10.1. The molecule has 0 aliphatic heterocycles. The van der Waals surface area contributed by atoms with E-state index >= 15 is 0 Å². The summed E-state index contributed by atoms with van der Waals surface area (Å²) >= 11 is 0. The number of carbonyl (C=O) groups is 1. The number of nitro benzene ring substituents is 1. The molecule has 0 radical (unpaired) electrons. The minimum Gasteiger partial charge on any atom is -0.462 e. The monoisotopic (exact) mass is 238 g/mol. The molecule has 6 nitrogen and oxygen atoms in total. The van der Waals surface area contributed by atoms with Crippen LogP contribution in [0.25, 0.3) is 0 Å². The van der Waals surface area contributed by atoms with Gasteiger partial charge in [0.1, 0.15) is 17.4 Å². The number of nitrogens with zero attached hydrogens (tertiary/aromatic N) is 2. The fourth-order valence-corrected chi connectivity index (χ4v) is 1.24. The molecule has 0 saturated carbocycles. The van der Waals surface area contributed by atoms with Gasteiger partial charge >= 0.3 is 5.97 Å². The molecule has 0 heterocycles. The Balaban J connectivity index is 3.51. The molecular formula is C10H7FN2O4. The van der Waals surface area contributed by atoms with Crippen molar-refractivity contribution in [2.24, 2.45) is 0 Å². The van der Waals surface area contributed by atoms with Gasteiger partial charge in [0.25, 0.3) is 5.69 Å². The third-order valence-electron chi connectivity index (χ3n) is 1.92. The minimum atomic E-state index is -1.09. The van der Waals surface area contributed by atoms with Crippen LogP contribution in [0.1, 0.15) is 22.8 Å². The van der Waals surface area contributed by atoms with E-state index in [1.807, 2.05) is 0 Å². The summed E-state index contributed by atoms with van der Waals surface area (Å²) in [5, 5.41) is 19.4. The largest absolute Gasteiger partial charge is 0.462 e. The van der Waals surface area contributed by atoms with Crippen LogP contribution in [0.15, 0.2) is 12.1 Å². The summed E-state index contributed by atoms with van der Waals surface area (Å²) < 4.78 is 17.8. The van der Waals surface area contributed by atoms with Gasteiger partial charge in [-0.3, -0.25) is 10.1 Å². The molecule has 1 aromatic carbocycles. The first-order valence-corrected chi connectivity index (χ1v) is 4.57. The second kappa shape index (κ2) is 5.03. The van der Waals surface area contributed by atoms with Gasteiger partial charge in [0.2, 0.25) is 0 Å².